The Hall–Kier alpha value is -2.10. The first-order valence-electron chi connectivity index (χ1n) is 9.70. The molecule has 0 aliphatic carbocycles. The Kier molecular flexibility index (Phi) is 7.30. The van der Waals surface area contributed by atoms with E-state index in [2.05, 4.69) is 20.8 Å². The number of nitrogens with one attached hydrogen (secondary N) is 2. The standard InChI is InChI=1S/C19H27N5O3S/c1-3-27-10-7-15-22-23-19(28-15)21-17(25)16-13(2)6-9-24(18(16)26)12-14-5-4-8-20-11-14/h6,9,14,20H,3-5,7-8,10-12H2,1-2H3,(H,21,23,25). The second-order valence-electron chi connectivity index (χ2n) is 6.95. The fraction of sp³-hybridized carbons (Fsp3) is 0.579. The van der Waals surface area contributed by atoms with Gasteiger partial charge in [0.25, 0.3) is 11.5 Å². The summed E-state index contributed by atoms with van der Waals surface area (Å²) in [4.78, 5) is 25.7. The van der Waals surface area contributed by atoms with Crippen molar-refractivity contribution >= 4 is 22.4 Å². The molecule has 3 rings (SSSR count). The number of aromatic nitrogens is 3. The van der Waals surface area contributed by atoms with Gasteiger partial charge in [0.15, 0.2) is 0 Å². The number of carbonyl (C=O) groups is 1. The van der Waals surface area contributed by atoms with E-state index in [0.29, 0.717) is 42.8 Å². The average Bonchev–Trinajstić information content (AvgIpc) is 3.12. The van der Waals surface area contributed by atoms with Gasteiger partial charge >= 0.3 is 0 Å². The van der Waals surface area contributed by atoms with Crippen molar-refractivity contribution in [3.05, 3.63) is 38.8 Å². The molecule has 3 heterocycles. The van der Waals surface area contributed by atoms with Crippen molar-refractivity contribution in [2.45, 2.75) is 39.7 Å². The second-order valence-corrected chi connectivity index (χ2v) is 8.01. The Balaban J connectivity index is 1.70. The van der Waals surface area contributed by atoms with Crippen LogP contribution in [-0.2, 0) is 17.7 Å². The number of pyridine rings is 1. The monoisotopic (exact) mass is 405 g/mol. The second kappa shape index (κ2) is 9.90. The van der Waals surface area contributed by atoms with Gasteiger partial charge in [0.1, 0.15) is 10.6 Å². The lowest BCUT2D eigenvalue weighted by Gasteiger charge is -2.23. The van der Waals surface area contributed by atoms with E-state index in [0.717, 1.165) is 30.9 Å². The van der Waals surface area contributed by atoms with Crippen LogP contribution in [0.15, 0.2) is 17.1 Å². The van der Waals surface area contributed by atoms with Crippen LogP contribution in [0.1, 0.15) is 40.7 Å². The number of aryl methyl sites for hydroxylation is 1. The normalized spacial score (nSPS) is 16.9. The zero-order chi connectivity index (χ0) is 19.9. The van der Waals surface area contributed by atoms with Crippen LogP contribution < -0.4 is 16.2 Å². The fourth-order valence-electron chi connectivity index (χ4n) is 3.31. The number of nitrogens with zero attached hydrogens (tertiary/aromatic N) is 3. The first-order chi connectivity index (χ1) is 13.6. The minimum Gasteiger partial charge on any atom is -0.381 e. The van der Waals surface area contributed by atoms with Gasteiger partial charge in [0.2, 0.25) is 5.13 Å². The van der Waals surface area contributed by atoms with Crippen LogP contribution in [0.3, 0.4) is 0 Å². The lowest BCUT2D eigenvalue weighted by molar-refractivity contribution is 0.102. The third-order valence-corrected chi connectivity index (χ3v) is 5.70. The molecule has 2 aromatic heterocycles. The van der Waals surface area contributed by atoms with E-state index in [9.17, 15) is 9.59 Å². The highest BCUT2D eigenvalue weighted by molar-refractivity contribution is 7.15. The summed E-state index contributed by atoms with van der Waals surface area (Å²) in [5.74, 6) is -0.0349. The Bertz CT molecular complexity index is 857. The van der Waals surface area contributed by atoms with Crippen LogP contribution >= 0.6 is 11.3 Å². The number of hydrogen-bond donors (Lipinski definition) is 2. The summed E-state index contributed by atoms with van der Waals surface area (Å²) < 4.78 is 6.95. The van der Waals surface area contributed by atoms with Gasteiger partial charge in [0, 0.05) is 25.8 Å². The van der Waals surface area contributed by atoms with Gasteiger partial charge in [-0.25, -0.2) is 0 Å². The predicted octanol–water partition coefficient (Wildman–Crippen LogP) is 1.84. The number of piperidine rings is 1. The van der Waals surface area contributed by atoms with Crippen LogP contribution in [0.25, 0.3) is 0 Å². The van der Waals surface area contributed by atoms with Gasteiger partial charge in [-0.2, -0.15) is 0 Å². The molecule has 0 saturated carbocycles. The summed E-state index contributed by atoms with van der Waals surface area (Å²) in [6, 6.07) is 1.82. The van der Waals surface area contributed by atoms with Crippen molar-refractivity contribution in [2.75, 3.05) is 31.6 Å². The Morgan fingerprint density at radius 1 is 1.46 bits per heavy atom. The van der Waals surface area contributed by atoms with Gasteiger partial charge in [-0.15, -0.1) is 10.2 Å². The zero-order valence-electron chi connectivity index (χ0n) is 16.4. The Labute approximate surface area is 168 Å². The lowest BCUT2D eigenvalue weighted by atomic mass is 9.99. The molecule has 1 amide bonds. The molecule has 0 radical (unpaired) electrons. The molecule has 2 aromatic rings. The maximum Gasteiger partial charge on any atom is 0.263 e. The van der Waals surface area contributed by atoms with Crippen molar-refractivity contribution in [1.82, 2.24) is 20.1 Å². The summed E-state index contributed by atoms with van der Waals surface area (Å²) in [6.45, 7) is 7.48. The summed E-state index contributed by atoms with van der Waals surface area (Å²) in [5, 5.41) is 15.3. The fourth-order valence-corrected chi connectivity index (χ4v) is 4.03. The number of anilines is 1. The molecule has 2 N–H and O–H groups in total. The molecule has 0 spiro atoms. The van der Waals surface area contributed by atoms with Crippen molar-refractivity contribution in [3.8, 4) is 0 Å². The number of rotatable bonds is 8. The van der Waals surface area contributed by atoms with Crippen LogP contribution in [0, 0.1) is 12.8 Å². The molecular weight excluding hydrogens is 378 g/mol. The molecule has 9 heteroatoms. The van der Waals surface area contributed by atoms with Gasteiger partial charge in [-0.1, -0.05) is 11.3 Å². The average molecular weight is 406 g/mol. The highest BCUT2D eigenvalue weighted by Crippen LogP contribution is 2.17. The van der Waals surface area contributed by atoms with Crippen LogP contribution in [0.4, 0.5) is 5.13 Å². The molecule has 152 valence electrons. The molecule has 0 aromatic carbocycles. The van der Waals surface area contributed by atoms with E-state index < -0.39 is 5.91 Å². The molecule has 1 aliphatic rings. The van der Waals surface area contributed by atoms with Gasteiger partial charge in [0.05, 0.1) is 6.61 Å². The highest BCUT2D eigenvalue weighted by atomic mass is 32.1. The van der Waals surface area contributed by atoms with E-state index in [4.69, 9.17) is 4.74 Å². The Morgan fingerprint density at radius 2 is 2.32 bits per heavy atom. The zero-order valence-corrected chi connectivity index (χ0v) is 17.2. The van der Waals surface area contributed by atoms with Gasteiger partial charge in [-0.3, -0.25) is 14.9 Å². The largest absolute Gasteiger partial charge is 0.381 e. The molecule has 1 atom stereocenters. The Morgan fingerprint density at radius 3 is 3.07 bits per heavy atom. The number of carbonyl (C=O) groups excluding carboxylic acids is 1. The molecule has 28 heavy (non-hydrogen) atoms. The topological polar surface area (TPSA) is 98.1 Å². The summed E-state index contributed by atoms with van der Waals surface area (Å²) in [7, 11) is 0. The highest BCUT2D eigenvalue weighted by Gasteiger charge is 2.20. The van der Waals surface area contributed by atoms with Crippen molar-refractivity contribution in [3.63, 3.8) is 0 Å². The lowest BCUT2D eigenvalue weighted by Crippen LogP contribution is -2.36. The molecule has 8 nitrogen and oxygen atoms in total. The number of amides is 1. The van der Waals surface area contributed by atoms with E-state index in [1.165, 1.54) is 11.3 Å². The van der Waals surface area contributed by atoms with Crippen molar-refractivity contribution < 1.29 is 9.53 Å². The van der Waals surface area contributed by atoms with Crippen LogP contribution in [0.2, 0.25) is 0 Å². The van der Waals surface area contributed by atoms with Crippen LogP contribution in [0.5, 0.6) is 0 Å². The maximum atomic E-state index is 12.9. The van der Waals surface area contributed by atoms with E-state index >= 15 is 0 Å². The molecule has 1 fully saturated rings. The summed E-state index contributed by atoms with van der Waals surface area (Å²) >= 11 is 1.30. The minimum atomic E-state index is -0.439. The van der Waals surface area contributed by atoms with Crippen LogP contribution in [-0.4, -0.2) is 47.0 Å². The summed E-state index contributed by atoms with van der Waals surface area (Å²) in [6.07, 6.45) is 4.62. The molecule has 1 aliphatic heterocycles. The maximum absolute atomic E-state index is 12.9. The number of ether oxygens (including phenoxy) is 1. The van der Waals surface area contributed by atoms with E-state index in [1.807, 2.05) is 13.0 Å². The number of hydrogen-bond acceptors (Lipinski definition) is 7. The van der Waals surface area contributed by atoms with Gasteiger partial charge in [-0.05, 0) is 57.3 Å². The molecule has 0 bridgehead atoms. The van der Waals surface area contributed by atoms with Gasteiger partial charge < -0.3 is 14.6 Å². The quantitative estimate of drug-likeness (QED) is 0.651. The third kappa shape index (κ3) is 5.24. The predicted molar refractivity (Wildman–Crippen MR) is 109 cm³/mol. The summed E-state index contributed by atoms with van der Waals surface area (Å²) in [5.41, 5.74) is 0.558. The molecular formula is C19H27N5O3S. The molecule has 1 saturated heterocycles. The first-order valence-corrected chi connectivity index (χ1v) is 10.5. The minimum absolute atomic E-state index is 0.164. The SMILES string of the molecule is CCOCCc1nnc(NC(=O)c2c(C)ccn(CC3CCCNC3)c2=O)s1. The van der Waals surface area contributed by atoms with Crippen molar-refractivity contribution in [1.29, 1.82) is 0 Å². The van der Waals surface area contributed by atoms with E-state index in [1.54, 1.807) is 17.7 Å². The smallest absolute Gasteiger partial charge is 0.263 e. The molecule has 1 unspecified atom stereocenters. The first kappa shape index (κ1) is 20.6. The third-order valence-electron chi connectivity index (χ3n) is 4.81. The van der Waals surface area contributed by atoms with Crippen molar-refractivity contribution in [2.24, 2.45) is 5.92 Å². The van der Waals surface area contributed by atoms with E-state index in [-0.39, 0.29) is 11.1 Å².